The van der Waals surface area contributed by atoms with Gasteiger partial charge in [-0.1, -0.05) is 42.5 Å². The van der Waals surface area contributed by atoms with E-state index in [1.807, 2.05) is 61.5 Å². The summed E-state index contributed by atoms with van der Waals surface area (Å²) < 4.78 is 5.44. The highest BCUT2D eigenvalue weighted by molar-refractivity contribution is 14.0. The molecule has 0 aromatic heterocycles. The van der Waals surface area contributed by atoms with Crippen molar-refractivity contribution in [3.8, 4) is 0 Å². The number of ether oxygens (including phenoxy) is 1. The number of guanidine groups is 1. The molecule has 32 heavy (non-hydrogen) atoms. The number of nitrogens with one attached hydrogen (secondary N) is 3. The van der Waals surface area contributed by atoms with Gasteiger partial charge in [0.1, 0.15) is 6.10 Å². The first kappa shape index (κ1) is 26.1. The molecule has 4 N–H and O–H groups in total. The van der Waals surface area contributed by atoms with E-state index < -0.39 is 6.10 Å². The zero-order valence-electron chi connectivity index (χ0n) is 18.4. The Labute approximate surface area is 207 Å². The van der Waals surface area contributed by atoms with Crippen molar-refractivity contribution in [2.45, 2.75) is 44.9 Å². The summed E-state index contributed by atoms with van der Waals surface area (Å²) in [6, 6.07) is 17.3. The number of amides is 1. The smallest absolute Gasteiger partial charge is 0.253 e. The second-order valence-corrected chi connectivity index (χ2v) is 7.53. The number of hydrogen-bond donors (Lipinski definition) is 4. The van der Waals surface area contributed by atoms with Crippen molar-refractivity contribution in [1.29, 1.82) is 0 Å². The Kier molecular flexibility index (Phi) is 11.5. The largest absolute Gasteiger partial charge is 0.388 e. The van der Waals surface area contributed by atoms with Crippen molar-refractivity contribution in [2.24, 2.45) is 4.99 Å². The average Bonchev–Trinajstić information content (AvgIpc) is 3.33. The third-order valence-corrected chi connectivity index (χ3v) is 5.08. The summed E-state index contributed by atoms with van der Waals surface area (Å²) in [5.41, 5.74) is 2.65. The van der Waals surface area contributed by atoms with Crippen molar-refractivity contribution < 1.29 is 14.6 Å². The van der Waals surface area contributed by atoms with Gasteiger partial charge in [-0.3, -0.25) is 4.79 Å². The molecule has 1 aliphatic heterocycles. The van der Waals surface area contributed by atoms with Crippen LogP contribution in [0.3, 0.4) is 0 Å². The summed E-state index contributed by atoms with van der Waals surface area (Å²) in [7, 11) is 0. The fourth-order valence-electron chi connectivity index (χ4n) is 3.44. The maximum absolute atomic E-state index is 12.2. The van der Waals surface area contributed by atoms with Crippen LogP contribution in [0.15, 0.2) is 59.6 Å². The third kappa shape index (κ3) is 8.40. The number of carbonyl (C=O) groups is 1. The maximum Gasteiger partial charge on any atom is 0.253 e. The van der Waals surface area contributed by atoms with Gasteiger partial charge in [-0.25, -0.2) is 4.99 Å². The van der Waals surface area contributed by atoms with Crippen molar-refractivity contribution in [3.63, 3.8) is 0 Å². The molecule has 0 radical (unpaired) electrons. The molecule has 0 spiro atoms. The Morgan fingerprint density at radius 2 is 2.00 bits per heavy atom. The molecule has 1 aliphatic rings. The Hall–Kier alpha value is -2.17. The molecule has 174 valence electrons. The van der Waals surface area contributed by atoms with E-state index >= 15 is 0 Å². The van der Waals surface area contributed by atoms with Crippen LogP contribution in [0.2, 0.25) is 0 Å². The number of aliphatic hydroxyl groups excluding tert-OH is 1. The lowest BCUT2D eigenvalue weighted by Gasteiger charge is -2.14. The first-order chi connectivity index (χ1) is 15.2. The molecule has 1 fully saturated rings. The van der Waals surface area contributed by atoms with E-state index in [0.717, 1.165) is 36.2 Å². The van der Waals surface area contributed by atoms with Gasteiger partial charge in [-0.05, 0) is 49.4 Å². The molecule has 0 saturated carbocycles. The first-order valence-electron chi connectivity index (χ1n) is 10.9. The standard InChI is InChI=1S/C24H32N4O3.HI/c1-2-25-24(26-14-13-21(29)19-9-4-3-5-10-19)27-17-18-8-6-11-20(16-18)28-23(30)22-12-7-15-31-22;/h3-6,8-11,16,21-22,29H,2,7,12-15,17H2,1H3,(H,28,30)(H2,25,26,27);1H. The van der Waals surface area contributed by atoms with Crippen LogP contribution in [0.5, 0.6) is 0 Å². The van der Waals surface area contributed by atoms with Gasteiger partial charge in [0, 0.05) is 25.4 Å². The molecule has 0 bridgehead atoms. The minimum Gasteiger partial charge on any atom is -0.388 e. The van der Waals surface area contributed by atoms with E-state index in [4.69, 9.17) is 4.74 Å². The molecule has 2 unspecified atom stereocenters. The van der Waals surface area contributed by atoms with Gasteiger partial charge in [0.05, 0.1) is 12.6 Å². The molecular formula is C24H33IN4O3. The van der Waals surface area contributed by atoms with E-state index in [9.17, 15) is 9.90 Å². The van der Waals surface area contributed by atoms with E-state index in [1.165, 1.54) is 0 Å². The highest BCUT2D eigenvalue weighted by Crippen LogP contribution is 2.17. The Morgan fingerprint density at radius 1 is 1.19 bits per heavy atom. The predicted octanol–water partition coefficient (Wildman–Crippen LogP) is 3.60. The van der Waals surface area contributed by atoms with Crippen molar-refractivity contribution >= 4 is 41.5 Å². The number of nitrogens with zero attached hydrogens (tertiary/aromatic N) is 1. The monoisotopic (exact) mass is 552 g/mol. The van der Waals surface area contributed by atoms with Crippen molar-refractivity contribution in [3.05, 3.63) is 65.7 Å². The molecule has 0 aliphatic carbocycles. The second kappa shape index (κ2) is 14.1. The summed E-state index contributed by atoms with van der Waals surface area (Å²) in [4.78, 5) is 16.9. The highest BCUT2D eigenvalue weighted by atomic mass is 127. The number of hydrogen-bond acceptors (Lipinski definition) is 4. The molecule has 2 aromatic rings. The summed E-state index contributed by atoms with van der Waals surface area (Å²) in [5.74, 6) is 0.599. The number of aliphatic imine (C=N–C) groups is 1. The number of rotatable bonds is 9. The molecular weight excluding hydrogens is 519 g/mol. The van der Waals surface area contributed by atoms with Crippen LogP contribution < -0.4 is 16.0 Å². The highest BCUT2D eigenvalue weighted by Gasteiger charge is 2.23. The van der Waals surface area contributed by atoms with Gasteiger partial charge < -0.3 is 25.8 Å². The van der Waals surface area contributed by atoms with E-state index in [-0.39, 0.29) is 36.0 Å². The zero-order valence-corrected chi connectivity index (χ0v) is 20.8. The Balaban J connectivity index is 0.00000363. The van der Waals surface area contributed by atoms with Crippen LogP contribution in [-0.2, 0) is 16.1 Å². The van der Waals surface area contributed by atoms with E-state index in [2.05, 4.69) is 20.9 Å². The molecule has 1 amide bonds. The van der Waals surface area contributed by atoms with Crippen LogP contribution in [0.4, 0.5) is 5.69 Å². The minimum atomic E-state index is -0.513. The summed E-state index contributed by atoms with van der Waals surface area (Å²) in [5, 5.41) is 19.7. The predicted molar refractivity (Wildman–Crippen MR) is 138 cm³/mol. The molecule has 3 rings (SSSR count). The SMILES string of the molecule is CCNC(=NCc1cccc(NC(=O)C2CCCO2)c1)NCCC(O)c1ccccc1.I. The lowest BCUT2D eigenvalue weighted by Crippen LogP contribution is -2.38. The molecule has 7 nitrogen and oxygen atoms in total. The van der Waals surface area contributed by atoms with Crippen LogP contribution in [0, 0.1) is 0 Å². The fourth-order valence-corrected chi connectivity index (χ4v) is 3.44. The van der Waals surface area contributed by atoms with Gasteiger partial charge in [0.2, 0.25) is 0 Å². The van der Waals surface area contributed by atoms with Crippen LogP contribution in [0.1, 0.15) is 43.4 Å². The summed E-state index contributed by atoms with van der Waals surface area (Å²) in [6.07, 6.45) is 1.42. The second-order valence-electron chi connectivity index (χ2n) is 7.53. The quantitative estimate of drug-likeness (QED) is 0.217. The van der Waals surface area contributed by atoms with Gasteiger partial charge in [-0.15, -0.1) is 24.0 Å². The maximum atomic E-state index is 12.2. The molecule has 1 heterocycles. The van der Waals surface area contributed by atoms with E-state index in [1.54, 1.807) is 0 Å². The van der Waals surface area contributed by atoms with Gasteiger partial charge in [0.25, 0.3) is 5.91 Å². The third-order valence-electron chi connectivity index (χ3n) is 5.08. The molecule has 8 heteroatoms. The van der Waals surface area contributed by atoms with Crippen molar-refractivity contribution in [2.75, 3.05) is 25.0 Å². The summed E-state index contributed by atoms with van der Waals surface area (Å²) >= 11 is 0. The van der Waals surface area contributed by atoms with Gasteiger partial charge >= 0.3 is 0 Å². The average molecular weight is 552 g/mol. The normalized spacial score (nSPS) is 16.7. The van der Waals surface area contributed by atoms with Crippen LogP contribution in [-0.4, -0.2) is 42.8 Å². The van der Waals surface area contributed by atoms with Gasteiger partial charge in [-0.2, -0.15) is 0 Å². The lowest BCUT2D eigenvalue weighted by atomic mass is 10.1. The Bertz CT molecular complexity index is 857. The van der Waals surface area contributed by atoms with Crippen molar-refractivity contribution in [1.82, 2.24) is 10.6 Å². The number of carbonyl (C=O) groups excluding carboxylic acids is 1. The number of anilines is 1. The molecule has 2 atom stereocenters. The van der Waals surface area contributed by atoms with Crippen LogP contribution >= 0.6 is 24.0 Å². The number of benzene rings is 2. The minimum absolute atomic E-state index is 0. The fraction of sp³-hybridized carbons (Fsp3) is 0.417. The van der Waals surface area contributed by atoms with Gasteiger partial charge in [0.15, 0.2) is 5.96 Å². The lowest BCUT2D eigenvalue weighted by molar-refractivity contribution is -0.124. The Morgan fingerprint density at radius 3 is 2.72 bits per heavy atom. The van der Waals surface area contributed by atoms with E-state index in [0.29, 0.717) is 32.1 Å². The molecule has 2 aromatic carbocycles. The number of aliphatic hydroxyl groups is 1. The number of halogens is 1. The van der Waals surface area contributed by atoms with Crippen LogP contribution in [0.25, 0.3) is 0 Å². The summed E-state index contributed by atoms with van der Waals surface area (Å²) in [6.45, 7) is 4.47. The topological polar surface area (TPSA) is 95.0 Å². The molecule has 1 saturated heterocycles. The first-order valence-corrected chi connectivity index (χ1v) is 10.9. The zero-order chi connectivity index (χ0) is 21.9.